The number of nitrogens with one attached hydrogen (secondary N) is 1. The molecule has 0 radical (unpaired) electrons. The lowest BCUT2D eigenvalue weighted by molar-refractivity contribution is -0.115. The van der Waals surface area contributed by atoms with Crippen molar-refractivity contribution in [2.75, 3.05) is 17.7 Å². The van der Waals surface area contributed by atoms with Gasteiger partial charge in [-0.3, -0.25) is 4.79 Å². The van der Waals surface area contributed by atoms with Crippen molar-refractivity contribution in [1.29, 1.82) is 0 Å². The number of nitrogen functional groups attached to an aromatic ring is 1. The van der Waals surface area contributed by atoms with Gasteiger partial charge in [-0.2, -0.15) is 0 Å². The number of thiophene rings is 1. The molecule has 2 aromatic rings. The van der Waals surface area contributed by atoms with Crippen LogP contribution in [0.4, 0.5) is 10.7 Å². The van der Waals surface area contributed by atoms with Gasteiger partial charge >= 0.3 is 5.97 Å². The first-order chi connectivity index (χ1) is 10.1. The number of para-hydroxylation sites is 1. The van der Waals surface area contributed by atoms with E-state index < -0.39 is 5.97 Å². The summed E-state index contributed by atoms with van der Waals surface area (Å²) in [6.45, 7) is 2.03. The third-order valence-corrected chi connectivity index (χ3v) is 3.65. The topological polar surface area (TPSA) is 81.4 Å². The van der Waals surface area contributed by atoms with E-state index in [-0.39, 0.29) is 12.3 Å². The van der Waals surface area contributed by atoms with Gasteiger partial charge in [-0.1, -0.05) is 18.2 Å². The predicted octanol–water partition coefficient (Wildman–Crippen LogP) is 2.69. The zero-order valence-electron chi connectivity index (χ0n) is 11.6. The van der Waals surface area contributed by atoms with Crippen LogP contribution in [0.2, 0.25) is 0 Å². The molecule has 110 valence electrons. The Labute approximate surface area is 126 Å². The maximum absolute atomic E-state index is 12.1. The molecule has 0 spiro atoms. The summed E-state index contributed by atoms with van der Waals surface area (Å²) >= 11 is 1.28. The number of nitrogens with two attached hydrogens (primary N) is 1. The highest BCUT2D eigenvalue weighted by atomic mass is 32.1. The van der Waals surface area contributed by atoms with Gasteiger partial charge < -0.3 is 15.8 Å². The van der Waals surface area contributed by atoms with Crippen molar-refractivity contribution in [3.63, 3.8) is 0 Å². The Bertz CT molecular complexity index is 652. The summed E-state index contributed by atoms with van der Waals surface area (Å²) in [5.74, 6) is -0.658. The highest BCUT2D eigenvalue weighted by Gasteiger charge is 2.16. The van der Waals surface area contributed by atoms with Crippen LogP contribution in [0.1, 0.15) is 22.8 Å². The van der Waals surface area contributed by atoms with Gasteiger partial charge in [0, 0.05) is 5.69 Å². The van der Waals surface area contributed by atoms with E-state index in [1.165, 1.54) is 11.3 Å². The maximum atomic E-state index is 12.1. The molecular weight excluding hydrogens is 288 g/mol. The molecule has 1 amide bonds. The molecule has 0 unspecified atom stereocenters. The molecule has 0 fully saturated rings. The van der Waals surface area contributed by atoms with E-state index >= 15 is 0 Å². The van der Waals surface area contributed by atoms with Gasteiger partial charge in [0.25, 0.3) is 0 Å². The van der Waals surface area contributed by atoms with Crippen molar-refractivity contribution in [3.8, 4) is 0 Å². The predicted molar refractivity (Wildman–Crippen MR) is 83.5 cm³/mol. The molecule has 0 saturated carbocycles. The molecule has 0 atom stereocenters. The number of ether oxygens (including phenoxy) is 1. The number of rotatable bonds is 5. The largest absolute Gasteiger partial charge is 0.462 e. The van der Waals surface area contributed by atoms with Gasteiger partial charge in [0.2, 0.25) is 5.91 Å². The number of amides is 1. The molecule has 1 aromatic carbocycles. The molecule has 0 bridgehead atoms. The second-order valence-corrected chi connectivity index (χ2v) is 5.22. The molecule has 0 saturated heterocycles. The summed E-state index contributed by atoms with van der Waals surface area (Å²) < 4.78 is 4.94. The first-order valence-corrected chi connectivity index (χ1v) is 7.37. The van der Waals surface area contributed by atoms with Crippen molar-refractivity contribution in [2.45, 2.75) is 13.3 Å². The van der Waals surface area contributed by atoms with Crippen molar-refractivity contribution in [2.24, 2.45) is 0 Å². The van der Waals surface area contributed by atoms with E-state index in [1.54, 1.807) is 30.5 Å². The minimum absolute atomic E-state index is 0.160. The van der Waals surface area contributed by atoms with Gasteiger partial charge in [-0.25, -0.2) is 4.79 Å². The van der Waals surface area contributed by atoms with Crippen LogP contribution in [0.5, 0.6) is 0 Å². The summed E-state index contributed by atoms with van der Waals surface area (Å²) in [4.78, 5) is 23.8. The minimum atomic E-state index is -0.437. The van der Waals surface area contributed by atoms with Gasteiger partial charge in [0.15, 0.2) is 0 Å². The zero-order chi connectivity index (χ0) is 15.2. The van der Waals surface area contributed by atoms with E-state index in [0.29, 0.717) is 22.9 Å². The number of hydrogen-bond donors (Lipinski definition) is 2. The first kappa shape index (κ1) is 15.1. The zero-order valence-corrected chi connectivity index (χ0v) is 12.4. The highest BCUT2D eigenvalue weighted by Crippen LogP contribution is 2.24. The number of hydrogen-bond acceptors (Lipinski definition) is 5. The average molecular weight is 304 g/mol. The maximum Gasteiger partial charge on any atom is 0.341 e. The van der Waals surface area contributed by atoms with Gasteiger partial charge in [0.1, 0.15) is 5.00 Å². The standard InChI is InChI=1S/C15H16N2O3S/c1-2-20-15(19)11-7-8-21-14(11)17-13(18)9-10-5-3-4-6-12(10)16/h3-8H,2,9,16H2,1H3,(H,17,18). The van der Waals surface area contributed by atoms with Crippen molar-refractivity contribution < 1.29 is 14.3 Å². The van der Waals surface area contributed by atoms with Crippen LogP contribution in [-0.4, -0.2) is 18.5 Å². The van der Waals surface area contributed by atoms with Crippen molar-refractivity contribution in [1.82, 2.24) is 0 Å². The lowest BCUT2D eigenvalue weighted by Crippen LogP contribution is -2.16. The number of carbonyl (C=O) groups excluding carboxylic acids is 2. The van der Waals surface area contributed by atoms with Crippen molar-refractivity contribution >= 4 is 33.9 Å². The molecule has 0 aliphatic rings. The lowest BCUT2D eigenvalue weighted by atomic mass is 10.1. The normalized spacial score (nSPS) is 10.1. The summed E-state index contributed by atoms with van der Waals surface area (Å²) in [5.41, 5.74) is 7.51. The first-order valence-electron chi connectivity index (χ1n) is 6.49. The fourth-order valence-corrected chi connectivity index (χ4v) is 2.61. The smallest absolute Gasteiger partial charge is 0.341 e. The third-order valence-electron chi connectivity index (χ3n) is 2.82. The van der Waals surface area contributed by atoms with Gasteiger partial charge in [0.05, 0.1) is 18.6 Å². The summed E-state index contributed by atoms with van der Waals surface area (Å²) in [6.07, 6.45) is 0.160. The van der Waals surface area contributed by atoms with E-state index in [9.17, 15) is 9.59 Å². The Balaban J connectivity index is 2.05. The number of benzene rings is 1. The van der Waals surface area contributed by atoms with Crippen LogP contribution in [0.3, 0.4) is 0 Å². The Morgan fingerprint density at radius 3 is 2.76 bits per heavy atom. The molecule has 0 aliphatic carbocycles. The SMILES string of the molecule is CCOC(=O)c1ccsc1NC(=O)Cc1ccccc1N. The van der Waals surface area contributed by atoms with Crippen LogP contribution in [0, 0.1) is 0 Å². The highest BCUT2D eigenvalue weighted by molar-refractivity contribution is 7.14. The molecule has 5 nitrogen and oxygen atoms in total. The summed E-state index contributed by atoms with van der Waals surface area (Å²) in [5, 5.41) is 4.96. The lowest BCUT2D eigenvalue weighted by Gasteiger charge is -2.07. The number of esters is 1. The molecular formula is C15H16N2O3S. The molecule has 2 rings (SSSR count). The Morgan fingerprint density at radius 2 is 2.05 bits per heavy atom. The fraction of sp³-hybridized carbons (Fsp3) is 0.200. The van der Waals surface area contributed by atoms with Crippen LogP contribution >= 0.6 is 11.3 Å². The Hall–Kier alpha value is -2.34. The van der Waals surface area contributed by atoms with Crippen LogP contribution in [0.15, 0.2) is 35.7 Å². The average Bonchev–Trinajstić information content (AvgIpc) is 2.90. The summed E-state index contributed by atoms with van der Waals surface area (Å²) in [6, 6.07) is 8.82. The van der Waals surface area contributed by atoms with Crippen LogP contribution in [-0.2, 0) is 16.0 Å². The van der Waals surface area contributed by atoms with E-state index in [2.05, 4.69) is 5.32 Å². The minimum Gasteiger partial charge on any atom is -0.462 e. The van der Waals surface area contributed by atoms with E-state index in [4.69, 9.17) is 10.5 Å². The number of anilines is 2. The van der Waals surface area contributed by atoms with E-state index in [1.807, 2.05) is 12.1 Å². The summed E-state index contributed by atoms with van der Waals surface area (Å²) in [7, 11) is 0. The van der Waals surface area contributed by atoms with Crippen molar-refractivity contribution in [3.05, 3.63) is 46.8 Å². The molecule has 1 heterocycles. The molecule has 21 heavy (non-hydrogen) atoms. The van der Waals surface area contributed by atoms with Gasteiger partial charge in [-0.15, -0.1) is 11.3 Å². The molecule has 1 aromatic heterocycles. The van der Waals surface area contributed by atoms with E-state index in [0.717, 1.165) is 5.56 Å². The monoisotopic (exact) mass is 304 g/mol. The molecule has 6 heteroatoms. The molecule has 0 aliphatic heterocycles. The fourth-order valence-electron chi connectivity index (χ4n) is 1.81. The Morgan fingerprint density at radius 1 is 1.29 bits per heavy atom. The Kier molecular flexibility index (Phi) is 4.94. The second kappa shape index (κ2) is 6.90. The number of carbonyl (C=O) groups is 2. The third kappa shape index (κ3) is 3.82. The second-order valence-electron chi connectivity index (χ2n) is 4.31. The van der Waals surface area contributed by atoms with Gasteiger partial charge in [-0.05, 0) is 30.0 Å². The van der Waals surface area contributed by atoms with Crippen LogP contribution in [0.25, 0.3) is 0 Å². The molecule has 3 N–H and O–H groups in total. The quantitative estimate of drug-likeness (QED) is 0.657. The van der Waals surface area contributed by atoms with Crippen LogP contribution < -0.4 is 11.1 Å².